The molecule has 2 bridgehead atoms. The molecule has 5 aliphatic carbocycles. The van der Waals surface area contributed by atoms with Crippen molar-refractivity contribution in [3.8, 4) is 5.75 Å². The van der Waals surface area contributed by atoms with E-state index in [1.54, 1.807) is 32.9 Å². The van der Waals surface area contributed by atoms with Crippen molar-refractivity contribution in [1.29, 1.82) is 0 Å². The summed E-state index contributed by atoms with van der Waals surface area (Å²) in [5.74, 6) is -4.18. The van der Waals surface area contributed by atoms with Crippen LogP contribution in [-0.4, -0.2) is 184 Å². The Morgan fingerprint density at radius 1 is 0.909 bits per heavy atom. The highest BCUT2D eigenvalue weighted by atomic mass is 19.1. The second kappa shape index (κ2) is 21.2. The van der Waals surface area contributed by atoms with Crippen LogP contribution in [0.2, 0.25) is 0 Å². The molecule has 1 spiro atoms. The number of ether oxygens (including phenoxy) is 4. The molecule has 18 atom stereocenters. The van der Waals surface area contributed by atoms with E-state index < -0.39 is 116 Å². The van der Waals surface area contributed by atoms with E-state index in [1.807, 2.05) is 50.3 Å². The standard InChI is InChI=1S/C46H56N4O10.C22H29FO5/c1-7-42(55)22-28-23-45(40(53)58-5,36-30(14-18-48(24-28)25-42)29-12-9-10-13-33(29)47-36)32-20-31-34(21-35(32)57-4)50(26-51)38-44(31)16-19-49-17-11-15-43(8-2,37(44)49)39(60-27(3)52)46(38,56)41(54)59-6;1-12-8-16-15-5-4-13-9-14(25)6-7-19(13,2)21(15,23)17(26)10-20(16,3)22(12,28)18(27)11-24/h9-13,15,20-21,26,28,37-39,47,55-56H,7-8,14,16-19,22-25H2,1-6H3;6-7,9,12,15-17,24,26,28H,4-5,8,10-11H2,1-3H3/t28-,37-,38+,39+,42-,43+,44+,45-,46-;12-,15+,16+,17+,19+,20+,21+,22+/m01/s1. The lowest BCUT2D eigenvalue weighted by Gasteiger charge is -2.63. The number of H-pyrrole nitrogens is 1. The molecule has 2 saturated heterocycles. The summed E-state index contributed by atoms with van der Waals surface area (Å²) in [7, 11) is 4.09. The lowest BCUT2D eigenvalue weighted by Crippen LogP contribution is -2.81. The zero-order valence-corrected chi connectivity index (χ0v) is 51.9. The van der Waals surface area contributed by atoms with Gasteiger partial charge in [0.05, 0.1) is 44.8 Å². The van der Waals surface area contributed by atoms with Crippen LogP contribution in [0.5, 0.6) is 5.75 Å². The Morgan fingerprint density at radius 2 is 1.65 bits per heavy atom. The number of nitrogens with zero attached hydrogens (tertiary/aromatic N) is 3. The fraction of sp³-hybridized carbons (Fsp3) is 0.618. The minimum absolute atomic E-state index is 0.0676. The van der Waals surface area contributed by atoms with Gasteiger partial charge in [-0.25, -0.2) is 9.18 Å². The molecule has 0 radical (unpaired) electrons. The van der Waals surface area contributed by atoms with Gasteiger partial charge in [0.2, 0.25) is 12.0 Å². The molecule has 6 fully saturated rings. The van der Waals surface area contributed by atoms with Gasteiger partial charge in [0.1, 0.15) is 23.4 Å². The quantitative estimate of drug-likeness (QED) is 0.0641. The predicted molar refractivity (Wildman–Crippen MR) is 321 cm³/mol. The third-order valence-corrected chi connectivity index (χ3v) is 24.3. The summed E-state index contributed by atoms with van der Waals surface area (Å²) < 4.78 is 40.5. The van der Waals surface area contributed by atoms with Crippen LogP contribution in [0.25, 0.3) is 10.9 Å². The second-order valence-corrected chi connectivity index (χ2v) is 27.9. The van der Waals surface area contributed by atoms with E-state index in [4.69, 9.17) is 18.9 Å². The zero-order chi connectivity index (χ0) is 63.3. The molecule has 88 heavy (non-hydrogen) atoms. The molecule has 19 nitrogen and oxygen atoms in total. The molecule has 1 amide bonds. The van der Waals surface area contributed by atoms with Crippen molar-refractivity contribution in [2.24, 2.45) is 39.9 Å². The minimum Gasteiger partial charge on any atom is -0.496 e. The summed E-state index contributed by atoms with van der Waals surface area (Å²) in [5.41, 5.74) is -8.32. The number of aromatic nitrogens is 1. The van der Waals surface area contributed by atoms with Crippen LogP contribution in [0.1, 0.15) is 122 Å². The number of esters is 3. The molecule has 10 aliphatic rings. The lowest BCUT2D eigenvalue weighted by atomic mass is 9.44. The monoisotopic (exact) mass is 1220 g/mol. The third-order valence-electron chi connectivity index (χ3n) is 24.3. The number of amides is 1. The minimum atomic E-state index is -2.53. The van der Waals surface area contributed by atoms with Gasteiger partial charge in [-0.05, 0) is 131 Å². The summed E-state index contributed by atoms with van der Waals surface area (Å²) in [6, 6.07) is 9.97. The van der Waals surface area contributed by atoms with Crippen LogP contribution in [0.15, 0.2) is 72.4 Å². The Labute approximate surface area is 512 Å². The van der Waals surface area contributed by atoms with Gasteiger partial charge in [-0.2, -0.15) is 0 Å². The smallest absolute Gasteiger partial charge is 0.344 e. The molecular formula is C68H85FN4O15. The Hall–Kier alpha value is -6.13. The van der Waals surface area contributed by atoms with E-state index in [-0.39, 0.29) is 30.5 Å². The van der Waals surface area contributed by atoms with Crippen molar-refractivity contribution >= 4 is 52.5 Å². The molecule has 6 heterocycles. The fourth-order valence-corrected chi connectivity index (χ4v) is 20.6. The molecule has 5 aliphatic heterocycles. The van der Waals surface area contributed by atoms with Gasteiger partial charge in [0, 0.05) is 94.9 Å². The number of aromatic amines is 1. The van der Waals surface area contributed by atoms with E-state index in [0.29, 0.717) is 124 Å². The number of aliphatic hydroxyl groups excluding tert-OH is 2. The first-order valence-corrected chi connectivity index (χ1v) is 31.4. The average Bonchev–Trinajstić information content (AvgIpc) is 1.44. The summed E-state index contributed by atoms with van der Waals surface area (Å²) in [6.45, 7) is 12.6. The number of carbonyl (C=O) groups is 6. The molecule has 1 aromatic heterocycles. The number of methoxy groups -OCH3 is 3. The number of nitrogens with one attached hydrogen (secondary N) is 1. The van der Waals surface area contributed by atoms with Gasteiger partial charge < -0.3 is 54.4 Å². The molecule has 6 N–H and O–H groups in total. The molecular weight excluding hydrogens is 1130 g/mol. The van der Waals surface area contributed by atoms with Gasteiger partial charge in [0.25, 0.3) is 0 Å². The van der Waals surface area contributed by atoms with E-state index in [0.717, 1.165) is 16.5 Å². The van der Waals surface area contributed by atoms with Crippen molar-refractivity contribution in [2.75, 3.05) is 65.6 Å². The Balaban J connectivity index is 0.000000224. The maximum absolute atomic E-state index is 16.9. The molecule has 4 saturated carbocycles. The van der Waals surface area contributed by atoms with E-state index in [2.05, 4.69) is 20.9 Å². The van der Waals surface area contributed by atoms with E-state index in [1.165, 1.54) is 45.3 Å². The third kappa shape index (κ3) is 7.96. The Morgan fingerprint density at radius 3 is 2.32 bits per heavy atom. The second-order valence-electron chi connectivity index (χ2n) is 27.9. The number of benzene rings is 2. The first-order valence-electron chi connectivity index (χ1n) is 31.4. The van der Waals surface area contributed by atoms with Crippen LogP contribution >= 0.6 is 0 Å². The number of fused-ring (bicyclic) bond motifs is 11. The number of hydrogen-bond donors (Lipinski definition) is 6. The van der Waals surface area contributed by atoms with Crippen LogP contribution in [0.3, 0.4) is 0 Å². The van der Waals surface area contributed by atoms with Gasteiger partial charge in [0.15, 0.2) is 23.3 Å². The van der Waals surface area contributed by atoms with Crippen molar-refractivity contribution in [1.82, 2.24) is 14.8 Å². The largest absolute Gasteiger partial charge is 0.496 e. The number of halogens is 1. The Kier molecular flexibility index (Phi) is 15.0. The first-order chi connectivity index (χ1) is 41.7. The predicted octanol–water partition coefficient (Wildman–Crippen LogP) is 5.41. The first kappa shape index (κ1) is 62.1. The number of ketones is 2. The highest BCUT2D eigenvalue weighted by Gasteiger charge is 2.81. The van der Waals surface area contributed by atoms with Crippen molar-refractivity contribution in [2.45, 2.75) is 163 Å². The summed E-state index contributed by atoms with van der Waals surface area (Å²) in [5, 5.41) is 58.2. The maximum Gasteiger partial charge on any atom is 0.344 e. The van der Waals surface area contributed by atoms with Crippen molar-refractivity contribution < 1.29 is 77.6 Å². The number of carbonyl (C=O) groups excluding carboxylic acids is 6. The number of aliphatic hydroxyl groups is 5. The number of rotatable bonds is 10. The fourth-order valence-electron chi connectivity index (χ4n) is 20.6. The number of hydrogen-bond acceptors (Lipinski definition) is 17. The number of piperidine rings is 1. The van der Waals surface area contributed by atoms with Gasteiger partial charge >= 0.3 is 17.9 Å². The topological polar surface area (TPSA) is 266 Å². The van der Waals surface area contributed by atoms with Crippen LogP contribution < -0.4 is 9.64 Å². The van der Waals surface area contributed by atoms with Crippen molar-refractivity contribution in [3.05, 3.63) is 94.7 Å². The summed E-state index contributed by atoms with van der Waals surface area (Å²) in [4.78, 5) is 90.5. The van der Waals surface area contributed by atoms with Crippen LogP contribution in [0.4, 0.5) is 10.1 Å². The number of Topliss-reactive ketones (excluding diaryl/α,β-unsaturated/α-hetero) is 1. The van der Waals surface area contributed by atoms with Crippen LogP contribution in [-0.2, 0) is 60.2 Å². The number of para-hydroxylation sites is 1. The SMILES string of the molecule is CC[C@]1(O)C[C@@H]2CN(CCc3c([nH]c4ccccc34)[C@@](C(=O)OC)(c3cc4c(cc3OC)N(C=O)[C@H]3[C@@](O)(C(=O)OC)[C@H](OC(C)=O)[C@]5(CC)C=CCN6CC[C@]43[C@@H]65)C2)C1.C[C@@H]1C[C@H]2[C@@H]3CCC4=CC(=O)C=C[C@]4(C)[C@@]3(F)[C@@H](O)C[C@]2(C)[C@@]1(O)C(=O)CO. The summed E-state index contributed by atoms with van der Waals surface area (Å²) >= 11 is 0. The van der Waals surface area contributed by atoms with Gasteiger partial charge in [-0.1, -0.05) is 69.7 Å². The molecule has 13 rings (SSSR count). The number of anilines is 1. The van der Waals surface area contributed by atoms with Gasteiger partial charge in [-0.3, -0.25) is 33.8 Å². The lowest BCUT2D eigenvalue weighted by molar-refractivity contribution is -0.228. The highest BCUT2D eigenvalue weighted by molar-refractivity contribution is 6.01. The maximum atomic E-state index is 16.9. The van der Waals surface area contributed by atoms with E-state index in [9.17, 15) is 49.5 Å². The zero-order valence-electron chi connectivity index (χ0n) is 51.9. The average molecular weight is 1220 g/mol. The van der Waals surface area contributed by atoms with Crippen molar-refractivity contribution in [3.63, 3.8) is 0 Å². The van der Waals surface area contributed by atoms with Gasteiger partial charge in [-0.15, -0.1) is 0 Å². The van der Waals surface area contributed by atoms with Crippen LogP contribution in [0, 0.1) is 39.9 Å². The molecule has 1 unspecified atom stereocenters. The van der Waals surface area contributed by atoms with E-state index >= 15 is 9.18 Å². The summed E-state index contributed by atoms with van der Waals surface area (Å²) in [6.07, 6.45) is 10.3. The Bertz CT molecular complexity index is 3510. The molecule has 2 aromatic carbocycles. The molecule has 20 heteroatoms. The normalized spacial score (nSPS) is 41.6. The molecule has 474 valence electrons. The number of allylic oxidation sites excluding steroid dienone is 4. The highest BCUT2D eigenvalue weighted by Crippen LogP contribution is 2.72. The molecule has 3 aromatic rings. The number of alkyl halides is 1.